The fourth-order valence-electron chi connectivity index (χ4n) is 3.19. The molecular formula is C14H26N4. The predicted molar refractivity (Wildman–Crippen MR) is 73.0 cm³/mol. The van der Waals surface area contributed by atoms with Crippen LogP contribution >= 0.6 is 0 Å². The average Bonchev–Trinajstić information content (AvgIpc) is 2.75. The van der Waals surface area contributed by atoms with Crippen LogP contribution in [0.2, 0.25) is 0 Å². The van der Waals surface area contributed by atoms with Crippen LogP contribution in [0.5, 0.6) is 0 Å². The summed E-state index contributed by atoms with van der Waals surface area (Å²) in [6.45, 7) is 5.44. The van der Waals surface area contributed by atoms with Gasteiger partial charge in [-0.3, -0.25) is 4.68 Å². The van der Waals surface area contributed by atoms with Crippen LogP contribution in [0.25, 0.3) is 0 Å². The third-order valence-electron chi connectivity index (χ3n) is 4.81. The third kappa shape index (κ3) is 2.74. The molecule has 0 saturated heterocycles. The minimum atomic E-state index is 0.256. The van der Waals surface area contributed by atoms with E-state index in [0.29, 0.717) is 0 Å². The molecule has 1 aromatic rings. The van der Waals surface area contributed by atoms with Gasteiger partial charge in [0.15, 0.2) is 0 Å². The largest absolute Gasteiger partial charge is 0.330 e. The SMILES string of the molecule is CC(C)C1CCC(CN)(Cc2ncnn2C)CC1. The zero-order valence-corrected chi connectivity index (χ0v) is 11.9. The molecular weight excluding hydrogens is 224 g/mol. The highest BCUT2D eigenvalue weighted by molar-refractivity contribution is 4.97. The Morgan fingerprint density at radius 1 is 1.44 bits per heavy atom. The lowest BCUT2D eigenvalue weighted by Gasteiger charge is -2.40. The van der Waals surface area contributed by atoms with Gasteiger partial charge in [-0.05, 0) is 49.5 Å². The lowest BCUT2D eigenvalue weighted by molar-refractivity contribution is 0.129. The molecule has 1 aliphatic rings. The summed E-state index contributed by atoms with van der Waals surface area (Å²) in [5.74, 6) is 2.75. The zero-order chi connectivity index (χ0) is 13.2. The fourth-order valence-corrected chi connectivity index (χ4v) is 3.19. The highest BCUT2D eigenvalue weighted by Crippen LogP contribution is 2.42. The summed E-state index contributed by atoms with van der Waals surface area (Å²) in [7, 11) is 1.96. The van der Waals surface area contributed by atoms with Crippen LogP contribution < -0.4 is 5.73 Å². The second-order valence-corrected chi connectivity index (χ2v) is 6.26. The van der Waals surface area contributed by atoms with Gasteiger partial charge in [-0.2, -0.15) is 5.10 Å². The molecule has 2 N–H and O–H groups in total. The Bertz CT molecular complexity index is 375. The number of aryl methyl sites for hydroxylation is 1. The van der Waals surface area contributed by atoms with E-state index in [1.807, 2.05) is 11.7 Å². The Morgan fingerprint density at radius 2 is 2.11 bits per heavy atom. The van der Waals surface area contributed by atoms with Crippen molar-refractivity contribution in [1.82, 2.24) is 14.8 Å². The first-order valence-electron chi connectivity index (χ1n) is 7.09. The number of rotatable bonds is 4. The van der Waals surface area contributed by atoms with Gasteiger partial charge in [-0.15, -0.1) is 0 Å². The normalized spacial score (nSPS) is 28.8. The van der Waals surface area contributed by atoms with Gasteiger partial charge < -0.3 is 5.73 Å². The van der Waals surface area contributed by atoms with Gasteiger partial charge in [0.2, 0.25) is 0 Å². The molecule has 0 aromatic carbocycles. The quantitative estimate of drug-likeness (QED) is 0.890. The smallest absolute Gasteiger partial charge is 0.138 e. The Labute approximate surface area is 110 Å². The molecule has 4 nitrogen and oxygen atoms in total. The minimum Gasteiger partial charge on any atom is -0.330 e. The number of aromatic nitrogens is 3. The highest BCUT2D eigenvalue weighted by Gasteiger charge is 2.36. The van der Waals surface area contributed by atoms with E-state index in [1.54, 1.807) is 6.33 Å². The molecule has 0 spiro atoms. The molecule has 2 rings (SSSR count). The van der Waals surface area contributed by atoms with Gasteiger partial charge in [0.1, 0.15) is 12.2 Å². The van der Waals surface area contributed by atoms with Crippen LogP contribution in [0.4, 0.5) is 0 Å². The molecule has 1 fully saturated rings. The number of hydrogen-bond donors (Lipinski definition) is 1. The number of nitrogens with two attached hydrogens (primary N) is 1. The van der Waals surface area contributed by atoms with Crippen LogP contribution in [-0.4, -0.2) is 21.3 Å². The summed E-state index contributed by atoms with van der Waals surface area (Å²) in [6.07, 6.45) is 7.71. The van der Waals surface area contributed by atoms with Crippen molar-refractivity contribution in [2.45, 2.75) is 46.0 Å². The highest BCUT2D eigenvalue weighted by atomic mass is 15.3. The van der Waals surface area contributed by atoms with Gasteiger partial charge in [-0.25, -0.2) is 4.98 Å². The van der Waals surface area contributed by atoms with E-state index in [-0.39, 0.29) is 5.41 Å². The maximum atomic E-state index is 6.07. The second kappa shape index (κ2) is 5.39. The molecule has 18 heavy (non-hydrogen) atoms. The summed E-state index contributed by atoms with van der Waals surface area (Å²) in [6, 6.07) is 0. The Balaban J connectivity index is 2.03. The van der Waals surface area contributed by atoms with Gasteiger partial charge in [0.05, 0.1) is 0 Å². The topological polar surface area (TPSA) is 56.7 Å². The van der Waals surface area contributed by atoms with Gasteiger partial charge in [-0.1, -0.05) is 13.8 Å². The van der Waals surface area contributed by atoms with Crippen molar-refractivity contribution < 1.29 is 0 Å². The predicted octanol–water partition coefficient (Wildman–Crippen LogP) is 2.15. The molecule has 0 radical (unpaired) electrons. The molecule has 0 aliphatic heterocycles. The molecule has 1 aliphatic carbocycles. The first-order chi connectivity index (χ1) is 8.56. The zero-order valence-electron chi connectivity index (χ0n) is 11.9. The minimum absolute atomic E-state index is 0.256. The summed E-state index contributed by atoms with van der Waals surface area (Å²) in [4.78, 5) is 4.35. The van der Waals surface area contributed by atoms with E-state index >= 15 is 0 Å². The van der Waals surface area contributed by atoms with Crippen molar-refractivity contribution in [1.29, 1.82) is 0 Å². The van der Waals surface area contributed by atoms with Gasteiger partial charge in [0, 0.05) is 13.5 Å². The number of hydrogen-bond acceptors (Lipinski definition) is 3. The van der Waals surface area contributed by atoms with E-state index < -0.39 is 0 Å². The van der Waals surface area contributed by atoms with Crippen LogP contribution in [0, 0.1) is 17.3 Å². The Kier molecular flexibility index (Phi) is 4.05. The van der Waals surface area contributed by atoms with Gasteiger partial charge in [0.25, 0.3) is 0 Å². The molecule has 4 heteroatoms. The Morgan fingerprint density at radius 3 is 2.56 bits per heavy atom. The molecule has 0 amide bonds. The van der Waals surface area contributed by atoms with Gasteiger partial charge >= 0.3 is 0 Å². The summed E-state index contributed by atoms with van der Waals surface area (Å²) in [5, 5.41) is 4.16. The maximum Gasteiger partial charge on any atom is 0.138 e. The van der Waals surface area contributed by atoms with E-state index in [0.717, 1.165) is 30.6 Å². The second-order valence-electron chi connectivity index (χ2n) is 6.26. The average molecular weight is 250 g/mol. The molecule has 102 valence electrons. The maximum absolute atomic E-state index is 6.07. The van der Waals surface area contributed by atoms with Crippen molar-refractivity contribution in [3.8, 4) is 0 Å². The van der Waals surface area contributed by atoms with Crippen LogP contribution in [-0.2, 0) is 13.5 Å². The van der Waals surface area contributed by atoms with Crippen molar-refractivity contribution >= 4 is 0 Å². The molecule has 1 aromatic heterocycles. The van der Waals surface area contributed by atoms with Crippen LogP contribution in [0.1, 0.15) is 45.4 Å². The molecule has 0 unspecified atom stereocenters. The summed E-state index contributed by atoms with van der Waals surface area (Å²) in [5.41, 5.74) is 6.33. The summed E-state index contributed by atoms with van der Waals surface area (Å²) < 4.78 is 1.88. The Hall–Kier alpha value is -0.900. The standard InChI is InChI=1S/C14H26N4/c1-11(2)12-4-6-14(9-15,7-5-12)8-13-16-10-17-18(13)3/h10-12H,4-9,15H2,1-3H3. The summed E-state index contributed by atoms with van der Waals surface area (Å²) >= 11 is 0. The first-order valence-corrected chi connectivity index (χ1v) is 7.09. The van der Waals surface area contributed by atoms with Crippen molar-refractivity contribution in [2.24, 2.45) is 30.0 Å². The lowest BCUT2D eigenvalue weighted by Crippen LogP contribution is -2.38. The molecule has 0 bridgehead atoms. The van der Waals surface area contributed by atoms with Crippen LogP contribution in [0.3, 0.4) is 0 Å². The lowest BCUT2D eigenvalue weighted by atomic mass is 9.66. The first kappa shape index (κ1) is 13.5. The van der Waals surface area contributed by atoms with E-state index in [2.05, 4.69) is 23.9 Å². The van der Waals surface area contributed by atoms with E-state index in [1.165, 1.54) is 25.7 Å². The van der Waals surface area contributed by atoms with Crippen molar-refractivity contribution in [2.75, 3.05) is 6.54 Å². The fraction of sp³-hybridized carbons (Fsp3) is 0.857. The molecule has 0 atom stereocenters. The monoisotopic (exact) mass is 250 g/mol. The molecule has 1 saturated carbocycles. The van der Waals surface area contributed by atoms with E-state index in [4.69, 9.17) is 5.73 Å². The van der Waals surface area contributed by atoms with Crippen molar-refractivity contribution in [3.63, 3.8) is 0 Å². The van der Waals surface area contributed by atoms with Crippen molar-refractivity contribution in [3.05, 3.63) is 12.2 Å². The third-order valence-corrected chi connectivity index (χ3v) is 4.81. The van der Waals surface area contributed by atoms with E-state index in [9.17, 15) is 0 Å². The molecule has 1 heterocycles. The van der Waals surface area contributed by atoms with Crippen LogP contribution in [0.15, 0.2) is 6.33 Å². The number of nitrogens with zero attached hydrogens (tertiary/aromatic N) is 3.